The summed E-state index contributed by atoms with van der Waals surface area (Å²) in [7, 11) is 0. The summed E-state index contributed by atoms with van der Waals surface area (Å²) in [5.41, 5.74) is 0.768. The Kier molecular flexibility index (Phi) is 7.36. The van der Waals surface area contributed by atoms with E-state index < -0.39 is 0 Å². The summed E-state index contributed by atoms with van der Waals surface area (Å²) < 4.78 is 5.33. The fourth-order valence-electron chi connectivity index (χ4n) is 1.40. The number of nitrogens with one attached hydrogen (secondary N) is 1. The van der Waals surface area contributed by atoms with E-state index in [0.717, 1.165) is 17.2 Å². The van der Waals surface area contributed by atoms with E-state index in [0.29, 0.717) is 12.4 Å². The van der Waals surface area contributed by atoms with Crippen molar-refractivity contribution in [2.45, 2.75) is 13.8 Å². The van der Waals surface area contributed by atoms with Gasteiger partial charge < -0.3 is 15.2 Å². The van der Waals surface area contributed by atoms with Crippen LogP contribution in [0.4, 0.5) is 5.69 Å². The van der Waals surface area contributed by atoms with Crippen LogP contribution in [-0.4, -0.2) is 35.7 Å². The molecule has 4 nitrogen and oxygen atoms in total. The van der Waals surface area contributed by atoms with Crippen molar-refractivity contribution in [3.05, 3.63) is 24.3 Å². The fourth-order valence-corrected chi connectivity index (χ4v) is 2.29. The Hall–Kier alpha value is -1.20. The van der Waals surface area contributed by atoms with Gasteiger partial charge in [-0.05, 0) is 42.9 Å². The molecule has 1 rings (SSSR count). The number of rotatable bonds is 8. The lowest BCUT2D eigenvalue weighted by atomic mass is 10.2. The zero-order chi connectivity index (χ0) is 14.1. The second kappa shape index (κ2) is 8.82. The first-order valence-electron chi connectivity index (χ1n) is 6.37. The lowest BCUT2D eigenvalue weighted by Crippen LogP contribution is -2.15. The van der Waals surface area contributed by atoms with Gasteiger partial charge in [-0.3, -0.25) is 4.79 Å². The van der Waals surface area contributed by atoms with Crippen LogP contribution >= 0.6 is 11.8 Å². The van der Waals surface area contributed by atoms with Crippen molar-refractivity contribution in [2.24, 2.45) is 5.92 Å². The Morgan fingerprint density at radius 3 is 2.68 bits per heavy atom. The summed E-state index contributed by atoms with van der Waals surface area (Å²) >= 11 is 1.53. The predicted molar refractivity (Wildman–Crippen MR) is 79.8 cm³/mol. The highest BCUT2D eigenvalue weighted by Crippen LogP contribution is 2.16. The lowest BCUT2D eigenvalue weighted by molar-refractivity contribution is -0.113. The third-order valence-electron chi connectivity index (χ3n) is 2.40. The zero-order valence-electron chi connectivity index (χ0n) is 11.4. The molecule has 0 aliphatic carbocycles. The first-order valence-corrected chi connectivity index (χ1v) is 7.52. The molecule has 106 valence electrons. The van der Waals surface area contributed by atoms with Gasteiger partial charge in [0, 0.05) is 12.3 Å². The van der Waals surface area contributed by atoms with Crippen molar-refractivity contribution >= 4 is 23.4 Å². The van der Waals surface area contributed by atoms with Crippen molar-refractivity contribution in [2.75, 3.05) is 30.0 Å². The van der Waals surface area contributed by atoms with Gasteiger partial charge in [0.1, 0.15) is 5.75 Å². The van der Waals surface area contributed by atoms with Gasteiger partial charge in [-0.1, -0.05) is 6.92 Å². The molecular formula is C14H21NO3S. The van der Waals surface area contributed by atoms with Gasteiger partial charge in [0.2, 0.25) is 5.91 Å². The van der Waals surface area contributed by atoms with Gasteiger partial charge in [0.25, 0.3) is 0 Å². The Morgan fingerprint density at radius 1 is 1.42 bits per heavy atom. The van der Waals surface area contributed by atoms with Gasteiger partial charge in [-0.2, -0.15) is 11.8 Å². The Labute approximate surface area is 118 Å². The first-order chi connectivity index (χ1) is 9.15. The fraction of sp³-hybridized carbons (Fsp3) is 0.500. The summed E-state index contributed by atoms with van der Waals surface area (Å²) in [5.74, 6) is 2.18. The maximum absolute atomic E-state index is 11.7. The molecular weight excluding hydrogens is 262 g/mol. The summed E-state index contributed by atoms with van der Waals surface area (Å²) in [6.45, 7) is 4.68. The molecule has 1 atom stereocenters. The van der Waals surface area contributed by atoms with E-state index >= 15 is 0 Å². The number of thioether (sulfide) groups is 1. The van der Waals surface area contributed by atoms with Gasteiger partial charge in [0.05, 0.1) is 12.4 Å². The Morgan fingerprint density at radius 2 is 2.11 bits per heavy atom. The zero-order valence-corrected chi connectivity index (χ0v) is 12.2. The quantitative estimate of drug-likeness (QED) is 0.769. The van der Waals surface area contributed by atoms with Crippen LogP contribution in [0.15, 0.2) is 24.3 Å². The second-order valence-corrected chi connectivity index (χ2v) is 5.34. The molecule has 0 bridgehead atoms. The van der Waals surface area contributed by atoms with Crippen molar-refractivity contribution in [1.29, 1.82) is 0 Å². The standard InChI is InChI=1S/C14H21NO3S/c1-3-18-13-6-4-12(5-7-13)15-14(17)10-19-9-11(2)8-16/h4-7,11,16H,3,8-10H2,1-2H3,(H,15,17). The molecule has 0 radical (unpaired) electrons. The number of carbonyl (C=O) groups is 1. The van der Waals surface area contributed by atoms with E-state index in [4.69, 9.17) is 9.84 Å². The monoisotopic (exact) mass is 283 g/mol. The molecule has 0 aliphatic heterocycles. The topological polar surface area (TPSA) is 58.6 Å². The van der Waals surface area contributed by atoms with Crippen LogP contribution in [0.25, 0.3) is 0 Å². The Bertz CT molecular complexity index is 381. The third-order valence-corrected chi connectivity index (χ3v) is 3.67. The van der Waals surface area contributed by atoms with E-state index in [1.807, 2.05) is 38.1 Å². The highest BCUT2D eigenvalue weighted by molar-refractivity contribution is 7.99. The maximum atomic E-state index is 11.7. The summed E-state index contributed by atoms with van der Waals surface area (Å²) in [6.07, 6.45) is 0. The number of amides is 1. The van der Waals surface area contributed by atoms with Crippen LogP contribution in [0.1, 0.15) is 13.8 Å². The molecule has 2 N–H and O–H groups in total. The minimum Gasteiger partial charge on any atom is -0.494 e. The number of aliphatic hydroxyl groups is 1. The molecule has 5 heteroatoms. The predicted octanol–water partition coefficient (Wildman–Crippen LogP) is 2.39. The molecule has 0 saturated heterocycles. The lowest BCUT2D eigenvalue weighted by Gasteiger charge is -2.08. The van der Waals surface area contributed by atoms with Crippen LogP contribution in [0, 0.1) is 5.92 Å². The molecule has 0 saturated carbocycles. The molecule has 0 fully saturated rings. The number of ether oxygens (including phenoxy) is 1. The second-order valence-electron chi connectivity index (χ2n) is 4.31. The molecule has 19 heavy (non-hydrogen) atoms. The number of carbonyl (C=O) groups excluding carboxylic acids is 1. The van der Waals surface area contributed by atoms with Crippen LogP contribution < -0.4 is 10.1 Å². The highest BCUT2D eigenvalue weighted by Gasteiger charge is 2.05. The molecule has 0 aliphatic rings. The van der Waals surface area contributed by atoms with E-state index in [2.05, 4.69) is 5.32 Å². The van der Waals surface area contributed by atoms with E-state index in [1.165, 1.54) is 11.8 Å². The van der Waals surface area contributed by atoms with Crippen LogP contribution in [-0.2, 0) is 4.79 Å². The van der Waals surface area contributed by atoms with Gasteiger partial charge in [-0.15, -0.1) is 0 Å². The number of hydrogen-bond acceptors (Lipinski definition) is 4. The molecule has 1 unspecified atom stereocenters. The summed E-state index contributed by atoms with van der Waals surface area (Å²) in [6, 6.07) is 7.31. The SMILES string of the molecule is CCOc1ccc(NC(=O)CSCC(C)CO)cc1. The smallest absolute Gasteiger partial charge is 0.234 e. The normalized spacial score (nSPS) is 11.9. The van der Waals surface area contributed by atoms with Crippen molar-refractivity contribution in [1.82, 2.24) is 0 Å². The molecule has 0 heterocycles. The molecule has 0 aromatic heterocycles. The number of anilines is 1. The summed E-state index contributed by atoms with van der Waals surface area (Å²) in [5, 5.41) is 11.7. The molecule has 1 aromatic rings. The van der Waals surface area contributed by atoms with Gasteiger partial charge in [-0.25, -0.2) is 0 Å². The minimum absolute atomic E-state index is 0.0284. The van der Waals surface area contributed by atoms with Crippen LogP contribution in [0.2, 0.25) is 0 Å². The third kappa shape index (κ3) is 6.50. The van der Waals surface area contributed by atoms with E-state index in [9.17, 15) is 4.79 Å². The van der Waals surface area contributed by atoms with E-state index in [1.54, 1.807) is 0 Å². The number of hydrogen-bond donors (Lipinski definition) is 2. The van der Waals surface area contributed by atoms with Crippen LogP contribution in [0.3, 0.4) is 0 Å². The highest BCUT2D eigenvalue weighted by atomic mass is 32.2. The van der Waals surface area contributed by atoms with Crippen molar-refractivity contribution in [3.63, 3.8) is 0 Å². The first kappa shape index (κ1) is 15.9. The largest absolute Gasteiger partial charge is 0.494 e. The van der Waals surface area contributed by atoms with Gasteiger partial charge in [0.15, 0.2) is 0 Å². The van der Waals surface area contributed by atoms with Crippen molar-refractivity contribution < 1.29 is 14.6 Å². The molecule has 1 amide bonds. The summed E-state index contributed by atoms with van der Waals surface area (Å²) in [4.78, 5) is 11.7. The van der Waals surface area contributed by atoms with Gasteiger partial charge >= 0.3 is 0 Å². The number of aliphatic hydroxyl groups excluding tert-OH is 1. The maximum Gasteiger partial charge on any atom is 0.234 e. The van der Waals surface area contributed by atoms with E-state index in [-0.39, 0.29) is 18.4 Å². The average molecular weight is 283 g/mol. The average Bonchev–Trinajstić information content (AvgIpc) is 2.41. The Balaban J connectivity index is 2.31. The minimum atomic E-state index is -0.0284. The number of benzene rings is 1. The molecule has 0 spiro atoms. The van der Waals surface area contributed by atoms with Crippen LogP contribution in [0.5, 0.6) is 5.75 Å². The molecule has 1 aromatic carbocycles. The van der Waals surface area contributed by atoms with Crippen molar-refractivity contribution in [3.8, 4) is 5.75 Å².